The molecule has 23 heavy (non-hydrogen) atoms. The predicted molar refractivity (Wildman–Crippen MR) is 85.9 cm³/mol. The molecule has 1 aromatic carbocycles. The minimum absolute atomic E-state index is 0. The smallest absolute Gasteiger partial charge is 0.327 e. The zero-order valence-corrected chi connectivity index (χ0v) is 14.8. The van der Waals surface area contributed by atoms with Gasteiger partial charge in [0.05, 0.1) is 10.5 Å². The molecule has 0 fully saturated rings. The van der Waals surface area contributed by atoms with E-state index in [0.717, 1.165) is 22.5 Å². The number of rotatable bonds is 6. The normalized spacial score (nSPS) is 14.0. The summed E-state index contributed by atoms with van der Waals surface area (Å²) in [6.45, 7) is 3.87. The van der Waals surface area contributed by atoms with Gasteiger partial charge in [0.2, 0.25) is 10.0 Å². The number of alkyl halides is 3. The van der Waals surface area contributed by atoms with E-state index in [1.807, 2.05) is 13.8 Å². The number of nitrogens with zero attached hydrogens (tertiary/aromatic N) is 1. The fraction of sp³-hybridized carbons (Fsp3) is 0.571. The highest BCUT2D eigenvalue weighted by Gasteiger charge is 2.38. The van der Waals surface area contributed by atoms with Gasteiger partial charge >= 0.3 is 6.18 Å². The summed E-state index contributed by atoms with van der Waals surface area (Å²) >= 11 is 0. The van der Waals surface area contributed by atoms with E-state index < -0.39 is 26.7 Å². The second-order valence-electron chi connectivity index (χ2n) is 5.52. The quantitative estimate of drug-likeness (QED) is 0.832. The molecule has 0 heterocycles. The van der Waals surface area contributed by atoms with Crippen molar-refractivity contribution in [3.8, 4) is 0 Å². The minimum Gasteiger partial charge on any atom is -0.327 e. The van der Waals surface area contributed by atoms with Gasteiger partial charge in [-0.25, -0.2) is 12.7 Å². The van der Waals surface area contributed by atoms with Gasteiger partial charge in [0.1, 0.15) is 0 Å². The molecule has 0 aromatic heterocycles. The fourth-order valence-electron chi connectivity index (χ4n) is 1.88. The van der Waals surface area contributed by atoms with Crippen LogP contribution in [-0.4, -0.2) is 32.4 Å². The lowest BCUT2D eigenvalue weighted by atomic mass is 10.0. The van der Waals surface area contributed by atoms with Gasteiger partial charge in [-0.1, -0.05) is 26.0 Å². The zero-order chi connectivity index (χ0) is 17.1. The summed E-state index contributed by atoms with van der Waals surface area (Å²) in [6, 6.07) is 3.96. The average Bonchev–Trinajstić information content (AvgIpc) is 2.43. The van der Waals surface area contributed by atoms with Crippen LogP contribution in [0, 0.1) is 5.92 Å². The van der Waals surface area contributed by atoms with Crippen LogP contribution in [-0.2, 0) is 16.2 Å². The van der Waals surface area contributed by atoms with Gasteiger partial charge in [-0.05, 0) is 24.5 Å². The van der Waals surface area contributed by atoms with E-state index in [2.05, 4.69) is 0 Å². The van der Waals surface area contributed by atoms with Crippen molar-refractivity contribution >= 4 is 22.4 Å². The van der Waals surface area contributed by atoms with Crippen molar-refractivity contribution in [1.82, 2.24) is 4.31 Å². The molecule has 0 amide bonds. The van der Waals surface area contributed by atoms with Crippen molar-refractivity contribution in [2.24, 2.45) is 11.7 Å². The van der Waals surface area contributed by atoms with E-state index in [4.69, 9.17) is 5.73 Å². The van der Waals surface area contributed by atoms with Crippen LogP contribution >= 0.6 is 12.4 Å². The second-order valence-corrected chi connectivity index (χ2v) is 7.53. The molecule has 4 nitrogen and oxygen atoms in total. The van der Waals surface area contributed by atoms with Crippen molar-refractivity contribution in [2.45, 2.75) is 37.4 Å². The topological polar surface area (TPSA) is 63.4 Å². The third-order valence-electron chi connectivity index (χ3n) is 3.51. The minimum atomic E-state index is -4.72. The largest absolute Gasteiger partial charge is 0.417 e. The maximum Gasteiger partial charge on any atom is 0.417 e. The molecule has 0 aliphatic rings. The van der Waals surface area contributed by atoms with Crippen molar-refractivity contribution in [2.75, 3.05) is 13.6 Å². The van der Waals surface area contributed by atoms with E-state index in [1.54, 1.807) is 0 Å². The van der Waals surface area contributed by atoms with Gasteiger partial charge in [-0.15, -0.1) is 12.4 Å². The van der Waals surface area contributed by atoms with Gasteiger partial charge < -0.3 is 5.73 Å². The molecule has 0 radical (unpaired) electrons. The number of halogens is 4. The first-order valence-electron chi connectivity index (χ1n) is 6.86. The third-order valence-corrected chi connectivity index (χ3v) is 5.43. The van der Waals surface area contributed by atoms with E-state index in [0.29, 0.717) is 6.42 Å². The molecule has 1 aromatic rings. The molecule has 0 aliphatic carbocycles. The van der Waals surface area contributed by atoms with Gasteiger partial charge in [0.25, 0.3) is 0 Å². The van der Waals surface area contributed by atoms with Crippen LogP contribution in [0.15, 0.2) is 29.2 Å². The summed E-state index contributed by atoms with van der Waals surface area (Å²) in [6.07, 6.45) is -4.35. The number of benzene rings is 1. The summed E-state index contributed by atoms with van der Waals surface area (Å²) in [5.41, 5.74) is 4.69. The first-order chi connectivity index (χ1) is 9.98. The lowest BCUT2D eigenvalue weighted by Crippen LogP contribution is -2.35. The third kappa shape index (κ3) is 5.63. The van der Waals surface area contributed by atoms with E-state index in [9.17, 15) is 21.6 Å². The molecule has 134 valence electrons. The second kappa shape index (κ2) is 8.32. The van der Waals surface area contributed by atoms with Crippen LogP contribution in [0.25, 0.3) is 0 Å². The molecule has 9 heteroatoms. The highest BCUT2D eigenvalue weighted by Crippen LogP contribution is 2.34. The van der Waals surface area contributed by atoms with Gasteiger partial charge in [0.15, 0.2) is 0 Å². The Balaban J connectivity index is 0.00000484. The summed E-state index contributed by atoms with van der Waals surface area (Å²) in [4.78, 5) is -0.733. The molecule has 0 spiro atoms. The zero-order valence-electron chi connectivity index (χ0n) is 13.2. The van der Waals surface area contributed by atoms with E-state index >= 15 is 0 Å². The predicted octanol–water partition coefficient (Wildman–Crippen LogP) is 3.12. The van der Waals surface area contributed by atoms with Crippen molar-refractivity contribution in [3.63, 3.8) is 0 Å². The molecule has 0 bridgehead atoms. The van der Waals surface area contributed by atoms with Gasteiger partial charge in [0, 0.05) is 19.6 Å². The Morgan fingerprint density at radius 1 is 1.22 bits per heavy atom. The summed E-state index contributed by atoms with van der Waals surface area (Å²) in [5.74, 6) is 0.165. The van der Waals surface area contributed by atoms with E-state index in [-0.39, 0.29) is 30.9 Å². The molecule has 0 saturated carbocycles. The van der Waals surface area contributed by atoms with Crippen LogP contribution < -0.4 is 5.73 Å². The first kappa shape index (κ1) is 22.2. The summed E-state index contributed by atoms with van der Waals surface area (Å²) in [7, 11) is -2.96. The lowest BCUT2D eigenvalue weighted by molar-refractivity contribution is -0.139. The highest BCUT2D eigenvalue weighted by atomic mass is 35.5. The molecule has 0 saturated heterocycles. The van der Waals surface area contributed by atoms with Crippen LogP contribution in [0.4, 0.5) is 13.2 Å². The molecular formula is C14H22ClF3N2O2S. The van der Waals surface area contributed by atoms with Crippen LogP contribution in [0.1, 0.15) is 25.8 Å². The standard InChI is InChI=1S/C14H21F3N2O2S.ClH/c1-10(2)12(18)8-9-19(3)22(20,21)13-7-5-4-6-11(13)14(15,16)17;/h4-7,10,12H,8-9,18H2,1-3H3;1H. The number of sulfonamides is 1. The number of hydrogen-bond acceptors (Lipinski definition) is 3. The number of hydrogen-bond donors (Lipinski definition) is 1. The maximum absolute atomic E-state index is 13.0. The number of nitrogens with two attached hydrogens (primary N) is 1. The van der Waals surface area contributed by atoms with Crippen molar-refractivity contribution < 1.29 is 21.6 Å². The highest BCUT2D eigenvalue weighted by molar-refractivity contribution is 7.89. The Bertz CT molecular complexity index is 606. The molecule has 2 N–H and O–H groups in total. The Hall–Kier alpha value is -0.830. The van der Waals surface area contributed by atoms with Crippen LogP contribution in [0.2, 0.25) is 0 Å². The average molecular weight is 375 g/mol. The van der Waals surface area contributed by atoms with Gasteiger partial charge in [-0.2, -0.15) is 13.2 Å². The lowest BCUT2D eigenvalue weighted by Gasteiger charge is -2.22. The Morgan fingerprint density at radius 2 is 1.74 bits per heavy atom. The summed E-state index contributed by atoms with van der Waals surface area (Å²) < 4.78 is 64.5. The van der Waals surface area contributed by atoms with Crippen molar-refractivity contribution in [1.29, 1.82) is 0 Å². The van der Waals surface area contributed by atoms with Gasteiger partial charge in [-0.3, -0.25) is 0 Å². The molecule has 0 aliphatic heterocycles. The maximum atomic E-state index is 13.0. The van der Waals surface area contributed by atoms with Crippen LogP contribution in [0.5, 0.6) is 0 Å². The summed E-state index contributed by atoms with van der Waals surface area (Å²) in [5, 5.41) is 0. The SMILES string of the molecule is CC(C)C(N)CCN(C)S(=O)(=O)c1ccccc1C(F)(F)F.Cl. The first-order valence-corrected chi connectivity index (χ1v) is 8.30. The molecule has 1 atom stereocenters. The van der Waals surface area contributed by atoms with Crippen molar-refractivity contribution in [3.05, 3.63) is 29.8 Å². The molecular weight excluding hydrogens is 353 g/mol. The molecule has 1 unspecified atom stereocenters. The fourth-order valence-corrected chi connectivity index (χ4v) is 3.27. The monoisotopic (exact) mass is 374 g/mol. The van der Waals surface area contributed by atoms with Crippen LogP contribution in [0.3, 0.4) is 0 Å². The Kier molecular flexibility index (Phi) is 8.02. The Morgan fingerprint density at radius 3 is 2.22 bits per heavy atom. The van der Waals surface area contributed by atoms with E-state index in [1.165, 1.54) is 13.1 Å². The molecule has 1 rings (SSSR count). The Labute approximate surface area is 141 Å².